The van der Waals surface area contributed by atoms with Crippen molar-refractivity contribution in [3.05, 3.63) is 41.7 Å². The molecule has 0 spiro atoms. The number of hydrogen-bond acceptors (Lipinski definition) is 8. The van der Waals surface area contributed by atoms with Crippen LogP contribution in [-0.4, -0.2) is 66.2 Å². The summed E-state index contributed by atoms with van der Waals surface area (Å²) in [5, 5.41) is 10.8. The van der Waals surface area contributed by atoms with Crippen LogP contribution in [0.3, 0.4) is 0 Å². The maximum atomic E-state index is 10.8. The Morgan fingerprint density at radius 2 is 1.70 bits per heavy atom. The van der Waals surface area contributed by atoms with Crippen LogP contribution in [0.1, 0.15) is 36.9 Å². The molecule has 0 saturated carbocycles. The van der Waals surface area contributed by atoms with Crippen LogP contribution < -0.4 is 14.4 Å². The molecule has 160 valence electrons. The van der Waals surface area contributed by atoms with Crippen LogP contribution in [0.15, 0.2) is 30.6 Å². The second kappa shape index (κ2) is 8.02. The first kappa shape index (κ1) is 19.5. The largest absolute Gasteiger partial charge is 0.454 e. The Morgan fingerprint density at radius 3 is 2.43 bits per heavy atom. The molecule has 2 aromatic rings. The molecule has 1 N–H and O–H groups in total. The average Bonchev–Trinajstić information content (AvgIpc) is 3.27. The van der Waals surface area contributed by atoms with Crippen molar-refractivity contribution < 1.29 is 19.3 Å². The predicted octanol–water partition coefficient (Wildman–Crippen LogP) is 2.09. The molecular weight excluding hydrogens is 384 g/mol. The van der Waals surface area contributed by atoms with E-state index >= 15 is 0 Å². The molecule has 2 fully saturated rings. The highest BCUT2D eigenvalue weighted by Crippen LogP contribution is 2.36. The van der Waals surface area contributed by atoms with Gasteiger partial charge < -0.3 is 24.2 Å². The van der Waals surface area contributed by atoms with E-state index in [9.17, 15) is 5.11 Å². The molecule has 4 heterocycles. The lowest BCUT2D eigenvalue weighted by molar-refractivity contribution is -0.0682. The Bertz CT molecular complexity index is 877. The number of benzene rings is 1. The van der Waals surface area contributed by atoms with Crippen molar-refractivity contribution in [2.45, 2.75) is 31.4 Å². The third-order valence-electron chi connectivity index (χ3n) is 6.52. The predicted molar refractivity (Wildman–Crippen MR) is 111 cm³/mol. The Morgan fingerprint density at radius 1 is 1.00 bits per heavy atom. The zero-order valence-electron chi connectivity index (χ0n) is 17.3. The number of aliphatic hydroxyl groups is 1. The summed E-state index contributed by atoms with van der Waals surface area (Å²) in [5.41, 5.74) is 1.15. The van der Waals surface area contributed by atoms with E-state index in [-0.39, 0.29) is 0 Å². The van der Waals surface area contributed by atoms with Gasteiger partial charge in [-0.3, -0.25) is 4.90 Å². The molecule has 1 aromatic heterocycles. The summed E-state index contributed by atoms with van der Waals surface area (Å²) < 4.78 is 16.3. The van der Waals surface area contributed by atoms with Crippen LogP contribution in [0.2, 0.25) is 0 Å². The zero-order chi connectivity index (χ0) is 20.6. The number of rotatable bonds is 4. The number of ether oxygens (including phenoxy) is 3. The summed E-state index contributed by atoms with van der Waals surface area (Å²) in [7, 11) is 0. The molecule has 1 atom stereocenters. The van der Waals surface area contributed by atoms with Gasteiger partial charge in [0.25, 0.3) is 0 Å². The van der Waals surface area contributed by atoms with Gasteiger partial charge in [-0.15, -0.1) is 0 Å². The number of piperazine rings is 1. The normalized spacial score (nSPS) is 22.1. The second-order valence-electron chi connectivity index (χ2n) is 8.23. The van der Waals surface area contributed by atoms with Gasteiger partial charge in [-0.2, -0.15) is 0 Å². The Labute approximate surface area is 176 Å². The Kier molecular flexibility index (Phi) is 5.22. The minimum atomic E-state index is -0.866. The zero-order valence-corrected chi connectivity index (χ0v) is 17.3. The first-order chi connectivity index (χ1) is 14.6. The van der Waals surface area contributed by atoms with Crippen LogP contribution in [-0.2, 0) is 10.3 Å². The molecule has 0 aliphatic carbocycles. The van der Waals surface area contributed by atoms with Crippen molar-refractivity contribution in [2.75, 3.05) is 51.1 Å². The van der Waals surface area contributed by atoms with Gasteiger partial charge >= 0.3 is 0 Å². The smallest absolute Gasteiger partial charge is 0.231 e. The van der Waals surface area contributed by atoms with Gasteiger partial charge in [0, 0.05) is 76.2 Å². The van der Waals surface area contributed by atoms with Crippen LogP contribution in [0.5, 0.6) is 11.5 Å². The van der Waals surface area contributed by atoms with E-state index in [1.165, 1.54) is 5.56 Å². The van der Waals surface area contributed by atoms with Crippen LogP contribution in [0.25, 0.3) is 0 Å². The maximum absolute atomic E-state index is 10.8. The van der Waals surface area contributed by atoms with Crippen LogP contribution in [0.4, 0.5) is 5.95 Å². The first-order valence-electron chi connectivity index (χ1n) is 10.6. The molecule has 1 aromatic carbocycles. The van der Waals surface area contributed by atoms with Gasteiger partial charge in [-0.05, 0) is 24.6 Å². The van der Waals surface area contributed by atoms with E-state index in [1.54, 1.807) is 12.4 Å². The van der Waals surface area contributed by atoms with E-state index in [4.69, 9.17) is 14.2 Å². The van der Waals surface area contributed by atoms with Crippen molar-refractivity contribution >= 4 is 5.95 Å². The highest BCUT2D eigenvalue weighted by Gasteiger charge is 2.33. The SMILES string of the molecule is C[C@@H](c1ccc2c(c1)OCO2)N1CCN(c2ncc(C3(O)CCOCC3)cn2)CC1. The number of nitrogens with zero attached hydrogens (tertiary/aromatic N) is 4. The molecule has 0 amide bonds. The molecule has 8 heteroatoms. The van der Waals surface area contributed by atoms with E-state index < -0.39 is 5.60 Å². The fourth-order valence-corrected chi connectivity index (χ4v) is 4.42. The number of aromatic nitrogens is 2. The van der Waals surface area contributed by atoms with E-state index in [0.29, 0.717) is 38.9 Å². The second-order valence-corrected chi connectivity index (χ2v) is 8.23. The summed E-state index contributed by atoms with van der Waals surface area (Å²) in [5.74, 6) is 2.38. The minimum Gasteiger partial charge on any atom is -0.454 e. The molecule has 2 saturated heterocycles. The molecule has 3 aliphatic rings. The number of fused-ring (bicyclic) bond motifs is 1. The lowest BCUT2D eigenvalue weighted by Crippen LogP contribution is -2.47. The highest BCUT2D eigenvalue weighted by atomic mass is 16.7. The highest BCUT2D eigenvalue weighted by molar-refractivity contribution is 5.45. The van der Waals surface area contributed by atoms with Crippen molar-refractivity contribution in [1.82, 2.24) is 14.9 Å². The molecule has 30 heavy (non-hydrogen) atoms. The number of hydrogen-bond donors (Lipinski definition) is 1. The van der Waals surface area contributed by atoms with E-state index in [1.807, 2.05) is 6.07 Å². The Hall–Kier alpha value is -2.42. The first-order valence-corrected chi connectivity index (χ1v) is 10.6. The quantitative estimate of drug-likeness (QED) is 0.818. The average molecular weight is 412 g/mol. The Balaban J connectivity index is 1.20. The fourth-order valence-electron chi connectivity index (χ4n) is 4.42. The van der Waals surface area contributed by atoms with Gasteiger partial charge in [0.2, 0.25) is 12.7 Å². The van der Waals surface area contributed by atoms with E-state index in [0.717, 1.165) is 49.2 Å². The van der Waals surface area contributed by atoms with Gasteiger partial charge in [0.05, 0.1) is 5.60 Å². The topological polar surface area (TPSA) is 80.2 Å². The third kappa shape index (κ3) is 3.71. The van der Waals surface area contributed by atoms with Gasteiger partial charge in [0.1, 0.15) is 0 Å². The molecule has 3 aliphatic heterocycles. The van der Waals surface area contributed by atoms with Gasteiger partial charge in [-0.25, -0.2) is 9.97 Å². The maximum Gasteiger partial charge on any atom is 0.231 e. The van der Waals surface area contributed by atoms with Crippen molar-refractivity contribution in [3.63, 3.8) is 0 Å². The van der Waals surface area contributed by atoms with E-state index in [2.05, 4.69) is 38.8 Å². The summed E-state index contributed by atoms with van der Waals surface area (Å²) >= 11 is 0. The molecule has 0 unspecified atom stereocenters. The minimum absolute atomic E-state index is 0.299. The van der Waals surface area contributed by atoms with Crippen molar-refractivity contribution in [3.8, 4) is 11.5 Å². The van der Waals surface area contributed by atoms with Gasteiger partial charge in [0.15, 0.2) is 11.5 Å². The van der Waals surface area contributed by atoms with Crippen LogP contribution >= 0.6 is 0 Å². The lowest BCUT2D eigenvalue weighted by Gasteiger charge is -2.38. The monoisotopic (exact) mass is 412 g/mol. The van der Waals surface area contributed by atoms with Crippen LogP contribution in [0, 0.1) is 0 Å². The molecule has 5 rings (SSSR count). The fraction of sp³-hybridized carbons (Fsp3) is 0.545. The summed E-state index contributed by atoms with van der Waals surface area (Å²) in [4.78, 5) is 13.8. The van der Waals surface area contributed by atoms with Crippen molar-refractivity contribution in [2.24, 2.45) is 0 Å². The summed E-state index contributed by atoms with van der Waals surface area (Å²) in [6, 6.07) is 6.50. The van der Waals surface area contributed by atoms with Gasteiger partial charge in [-0.1, -0.05) is 6.07 Å². The summed E-state index contributed by atoms with van der Waals surface area (Å²) in [6.07, 6.45) is 4.72. The number of anilines is 1. The molecule has 0 radical (unpaired) electrons. The lowest BCUT2D eigenvalue weighted by atomic mass is 9.88. The molecule has 0 bridgehead atoms. The standard InChI is InChI=1S/C22H28N4O4/c1-16(17-2-3-19-20(12-17)30-15-29-19)25-6-8-26(9-7-25)21-23-13-18(14-24-21)22(27)4-10-28-11-5-22/h2-3,12-14,16,27H,4-11,15H2,1H3/t16-/m0/s1. The third-order valence-corrected chi connectivity index (χ3v) is 6.52. The molecular formula is C22H28N4O4. The summed E-state index contributed by atoms with van der Waals surface area (Å²) in [6.45, 7) is 7.27. The molecule has 8 nitrogen and oxygen atoms in total. The van der Waals surface area contributed by atoms with Crippen molar-refractivity contribution in [1.29, 1.82) is 0 Å².